The Hall–Kier alpha value is -0.520. The van der Waals surface area contributed by atoms with Crippen LogP contribution in [0.15, 0.2) is 25.3 Å². The van der Waals surface area contributed by atoms with Gasteiger partial charge in [-0.25, -0.2) is 0 Å². The van der Waals surface area contributed by atoms with Crippen LogP contribution in [0.25, 0.3) is 0 Å². The Kier molecular flexibility index (Phi) is 3.58. The minimum atomic E-state index is 0.418. The van der Waals surface area contributed by atoms with E-state index < -0.39 is 0 Å². The molecule has 1 rings (SSSR count). The largest absolute Gasteiger partial charge is 0.103 e. The zero-order chi connectivity index (χ0) is 8.86. The molecule has 0 N–H and O–H groups in total. The minimum Gasteiger partial charge on any atom is -0.103 e. The lowest BCUT2D eigenvalue weighted by atomic mass is 9.70. The first-order chi connectivity index (χ1) is 5.83. The van der Waals surface area contributed by atoms with Gasteiger partial charge in [-0.1, -0.05) is 31.4 Å². The van der Waals surface area contributed by atoms with Gasteiger partial charge in [0.2, 0.25) is 0 Å². The number of allylic oxidation sites excluding steroid dienone is 2. The van der Waals surface area contributed by atoms with E-state index in [-0.39, 0.29) is 0 Å². The second-order valence-electron chi connectivity index (χ2n) is 3.82. The van der Waals surface area contributed by atoms with Crippen LogP contribution in [0.2, 0.25) is 0 Å². The zero-order valence-electron chi connectivity index (χ0n) is 7.89. The molecule has 1 aliphatic carbocycles. The quantitative estimate of drug-likeness (QED) is 0.551. The predicted octanol–water partition coefficient (Wildman–Crippen LogP) is 3.90. The minimum absolute atomic E-state index is 0.418. The molecule has 0 bridgehead atoms. The molecule has 0 aromatic rings. The Labute approximate surface area is 76.4 Å². The predicted molar refractivity (Wildman–Crippen MR) is 54.8 cm³/mol. The Bertz CT molecular complexity index is 137. The van der Waals surface area contributed by atoms with E-state index in [1.165, 1.54) is 32.1 Å². The molecule has 0 unspecified atom stereocenters. The van der Waals surface area contributed by atoms with Crippen molar-refractivity contribution in [2.45, 2.75) is 38.5 Å². The molecule has 0 nitrogen and oxygen atoms in total. The van der Waals surface area contributed by atoms with Crippen LogP contribution >= 0.6 is 0 Å². The van der Waals surface area contributed by atoms with E-state index in [0.717, 1.165) is 6.42 Å². The normalized spacial score (nSPS) is 21.7. The summed E-state index contributed by atoms with van der Waals surface area (Å²) in [5.41, 5.74) is 0.418. The molecule has 1 aliphatic rings. The van der Waals surface area contributed by atoms with Gasteiger partial charge in [0, 0.05) is 0 Å². The summed E-state index contributed by atoms with van der Waals surface area (Å²) in [6.45, 7) is 7.62. The molecule has 0 saturated heterocycles. The van der Waals surface area contributed by atoms with Gasteiger partial charge >= 0.3 is 0 Å². The number of hydrogen-bond donors (Lipinski definition) is 0. The second kappa shape index (κ2) is 4.49. The molecular formula is C12H19. The van der Waals surface area contributed by atoms with Gasteiger partial charge in [0.25, 0.3) is 0 Å². The lowest BCUT2D eigenvalue weighted by Gasteiger charge is -2.35. The first-order valence-corrected chi connectivity index (χ1v) is 4.91. The average molecular weight is 163 g/mol. The molecule has 0 aromatic carbocycles. The highest BCUT2D eigenvalue weighted by Crippen LogP contribution is 2.41. The lowest BCUT2D eigenvalue weighted by molar-refractivity contribution is 0.243. The van der Waals surface area contributed by atoms with E-state index in [2.05, 4.69) is 19.6 Å². The Morgan fingerprint density at radius 2 is 1.75 bits per heavy atom. The number of rotatable bonds is 4. The van der Waals surface area contributed by atoms with Gasteiger partial charge in [-0.05, 0) is 31.1 Å². The van der Waals surface area contributed by atoms with E-state index in [4.69, 9.17) is 0 Å². The fourth-order valence-electron chi connectivity index (χ4n) is 2.23. The van der Waals surface area contributed by atoms with Crippen molar-refractivity contribution in [3.8, 4) is 0 Å². The van der Waals surface area contributed by atoms with Crippen LogP contribution in [0.4, 0.5) is 0 Å². The van der Waals surface area contributed by atoms with Crippen LogP contribution in [-0.4, -0.2) is 0 Å². The summed E-state index contributed by atoms with van der Waals surface area (Å²) in [6.07, 6.45) is 14.2. The van der Waals surface area contributed by atoms with Crippen molar-refractivity contribution in [1.29, 1.82) is 0 Å². The van der Waals surface area contributed by atoms with Crippen molar-refractivity contribution < 1.29 is 0 Å². The molecule has 0 amide bonds. The Morgan fingerprint density at radius 3 is 2.25 bits per heavy atom. The fraction of sp³-hybridized carbons (Fsp3) is 0.583. The van der Waals surface area contributed by atoms with Gasteiger partial charge in [-0.3, -0.25) is 0 Å². The van der Waals surface area contributed by atoms with E-state index in [0.29, 0.717) is 5.41 Å². The second-order valence-corrected chi connectivity index (χ2v) is 3.82. The smallest absolute Gasteiger partial charge is 0.0108 e. The van der Waals surface area contributed by atoms with Crippen molar-refractivity contribution >= 4 is 0 Å². The van der Waals surface area contributed by atoms with Gasteiger partial charge in [-0.15, -0.1) is 13.2 Å². The van der Waals surface area contributed by atoms with Crippen LogP contribution in [0.1, 0.15) is 38.5 Å². The number of hydrogen-bond acceptors (Lipinski definition) is 0. The summed E-state index contributed by atoms with van der Waals surface area (Å²) in [5, 5.41) is 0. The van der Waals surface area contributed by atoms with Crippen LogP contribution in [0, 0.1) is 11.8 Å². The van der Waals surface area contributed by atoms with E-state index in [9.17, 15) is 0 Å². The van der Waals surface area contributed by atoms with Gasteiger partial charge < -0.3 is 0 Å². The summed E-state index contributed by atoms with van der Waals surface area (Å²) in [5.74, 6) is 0. The van der Waals surface area contributed by atoms with Crippen LogP contribution in [0.3, 0.4) is 0 Å². The first kappa shape index (κ1) is 9.57. The maximum atomic E-state index is 3.83. The highest BCUT2D eigenvalue weighted by Gasteiger charge is 2.29. The summed E-state index contributed by atoms with van der Waals surface area (Å²) in [6, 6.07) is 0. The van der Waals surface area contributed by atoms with Crippen molar-refractivity contribution in [3.05, 3.63) is 31.7 Å². The third-order valence-electron chi connectivity index (χ3n) is 2.87. The van der Waals surface area contributed by atoms with Crippen LogP contribution < -0.4 is 0 Å². The average Bonchev–Trinajstić information content (AvgIpc) is 2.07. The fourth-order valence-corrected chi connectivity index (χ4v) is 2.23. The lowest BCUT2D eigenvalue weighted by Crippen LogP contribution is -2.23. The van der Waals surface area contributed by atoms with E-state index in [1.807, 2.05) is 12.2 Å². The van der Waals surface area contributed by atoms with Crippen LogP contribution in [0.5, 0.6) is 0 Å². The molecule has 0 atom stereocenters. The van der Waals surface area contributed by atoms with Crippen molar-refractivity contribution in [1.82, 2.24) is 0 Å². The first-order valence-electron chi connectivity index (χ1n) is 4.91. The molecule has 1 radical (unpaired) electrons. The van der Waals surface area contributed by atoms with Gasteiger partial charge in [0.15, 0.2) is 0 Å². The van der Waals surface area contributed by atoms with E-state index >= 15 is 0 Å². The molecule has 12 heavy (non-hydrogen) atoms. The van der Waals surface area contributed by atoms with Crippen molar-refractivity contribution in [3.63, 3.8) is 0 Å². The summed E-state index contributed by atoms with van der Waals surface area (Å²) >= 11 is 0. The molecule has 0 spiro atoms. The van der Waals surface area contributed by atoms with Crippen molar-refractivity contribution in [2.24, 2.45) is 5.41 Å². The maximum Gasteiger partial charge on any atom is -0.0108 e. The third-order valence-corrected chi connectivity index (χ3v) is 2.87. The molecule has 1 fully saturated rings. The Balaban J connectivity index is 2.55. The highest BCUT2D eigenvalue weighted by molar-refractivity contribution is 5.05. The van der Waals surface area contributed by atoms with Gasteiger partial charge in [-0.2, -0.15) is 0 Å². The summed E-state index contributed by atoms with van der Waals surface area (Å²) < 4.78 is 0. The monoisotopic (exact) mass is 163 g/mol. The standard InChI is InChI=1S/C12H19/c1-3-8-12(9-4-2)10-6-5-7-11-12/h3-4,8H,1-2,5-7,9-11H2. The van der Waals surface area contributed by atoms with Gasteiger partial charge in [0.05, 0.1) is 0 Å². The molecule has 0 aliphatic heterocycles. The van der Waals surface area contributed by atoms with Crippen LogP contribution in [-0.2, 0) is 0 Å². The van der Waals surface area contributed by atoms with Crippen molar-refractivity contribution in [2.75, 3.05) is 0 Å². The third kappa shape index (κ3) is 2.23. The summed E-state index contributed by atoms with van der Waals surface area (Å²) in [7, 11) is 0. The maximum absolute atomic E-state index is 3.83. The Morgan fingerprint density at radius 1 is 1.08 bits per heavy atom. The molecule has 0 heteroatoms. The molecular weight excluding hydrogens is 144 g/mol. The zero-order valence-corrected chi connectivity index (χ0v) is 7.89. The van der Waals surface area contributed by atoms with Gasteiger partial charge in [0.1, 0.15) is 0 Å². The summed E-state index contributed by atoms with van der Waals surface area (Å²) in [4.78, 5) is 0. The molecule has 0 heterocycles. The molecule has 67 valence electrons. The SMILES string of the molecule is C=C[CH]C1(CC=C)CCCCC1. The molecule has 0 aromatic heterocycles. The molecule has 1 saturated carbocycles. The van der Waals surface area contributed by atoms with E-state index in [1.54, 1.807) is 0 Å². The highest BCUT2D eigenvalue weighted by atomic mass is 14.3. The topological polar surface area (TPSA) is 0 Å².